The van der Waals surface area contributed by atoms with Gasteiger partial charge in [-0.1, -0.05) is 37.6 Å². The minimum atomic E-state index is 0.110. The summed E-state index contributed by atoms with van der Waals surface area (Å²) in [7, 11) is 0. The van der Waals surface area contributed by atoms with Gasteiger partial charge in [-0.25, -0.2) is 0 Å². The van der Waals surface area contributed by atoms with Crippen molar-refractivity contribution < 1.29 is 14.2 Å². The molecular formula is C22H28O3S. The average Bonchev–Trinajstić information content (AvgIpc) is 2.70. The summed E-state index contributed by atoms with van der Waals surface area (Å²) >= 11 is 1.87. The second-order valence-electron chi connectivity index (χ2n) is 6.47. The van der Waals surface area contributed by atoms with Crippen LogP contribution in [0.2, 0.25) is 0 Å². The molecule has 0 saturated carbocycles. The van der Waals surface area contributed by atoms with Gasteiger partial charge in [0, 0.05) is 11.7 Å². The van der Waals surface area contributed by atoms with E-state index in [-0.39, 0.29) is 5.44 Å². The molecule has 1 aliphatic rings. The molecule has 0 bridgehead atoms. The molecule has 0 N–H and O–H groups in total. The fourth-order valence-electron chi connectivity index (χ4n) is 2.95. The molecule has 0 unspecified atom stereocenters. The first-order valence-corrected chi connectivity index (χ1v) is 10.5. The van der Waals surface area contributed by atoms with Crippen LogP contribution >= 0.6 is 11.8 Å². The Labute approximate surface area is 161 Å². The summed E-state index contributed by atoms with van der Waals surface area (Å²) in [5, 5.41) is 0. The van der Waals surface area contributed by atoms with Crippen LogP contribution in [0.4, 0.5) is 0 Å². The van der Waals surface area contributed by atoms with Gasteiger partial charge in [0.15, 0.2) is 0 Å². The molecule has 140 valence electrons. The van der Waals surface area contributed by atoms with Gasteiger partial charge in [-0.3, -0.25) is 0 Å². The summed E-state index contributed by atoms with van der Waals surface area (Å²) in [6, 6.07) is 16.7. The molecular weight excluding hydrogens is 344 g/mol. The minimum Gasteiger partial charge on any atom is -0.494 e. The second-order valence-corrected chi connectivity index (χ2v) is 7.56. The molecule has 2 atom stereocenters. The van der Waals surface area contributed by atoms with Crippen molar-refractivity contribution in [2.24, 2.45) is 0 Å². The lowest BCUT2D eigenvalue weighted by Crippen LogP contribution is -2.19. The molecule has 1 saturated heterocycles. The molecule has 4 heteroatoms. The largest absolute Gasteiger partial charge is 0.494 e. The highest BCUT2D eigenvalue weighted by molar-refractivity contribution is 7.99. The van der Waals surface area contributed by atoms with Crippen LogP contribution in [0, 0.1) is 0 Å². The Balaban J connectivity index is 1.51. The molecule has 2 aromatic carbocycles. The number of rotatable bonds is 8. The van der Waals surface area contributed by atoms with E-state index in [1.807, 2.05) is 43.0 Å². The quantitative estimate of drug-likeness (QED) is 0.547. The monoisotopic (exact) mass is 372 g/mol. The van der Waals surface area contributed by atoms with Crippen molar-refractivity contribution in [2.75, 3.05) is 25.6 Å². The maximum absolute atomic E-state index is 6.14. The topological polar surface area (TPSA) is 27.7 Å². The van der Waals surface area contributed by atoms with Gasteiger partial charge in [-0.15, -0.1) is 11.8 Å². The molecule has 3 rings (SSSR count). The lowest BCUT2D eigenvalue weighted by atomic mass is 10.0. The van der Waals surface area contributed by atoms with Gasteiger partial charge in [0.2, 0.25) is 0 Å². The fourth-order valence-corrected chi connectivity index (χ4v) is 4.17. The van der Waals surface area contributed by atoms with Gasteiger partial charge in [0.05, 0.1) is 19.8 Å². The van der Waals surface area contributed by atoms with Crippen molar-refractivity contribution in [1.29, 1.82) is 0 Å². The van der Waals surface area contributed by atoms with Crippen molar-refractivity contribution in [1.82, 2.24) is 0 Å². The predicted octanol–water partition coefficient (Wildman–Crippen LogP) is 5.81. The Hall–Kier alpha value is -1.65. The molecule has 0 spiro atoms. The number of hydrogen-bond donors (Lipinski definition) is 0. The molecule has 2 aromatic rings. The van der Waals surface area contributed by atoms with E-state index >= 15 is 0 Å². The van der Waals surface area contributed by atoms with Gasteiger partial charge >= 0.3 is 0 Å². The zero-order valence-electron chi connectivity index (χ0n) is 15.6. The standard InChI is InChI=1S/C22H28O3S/c1-3-5-14-24-21-12-8-18(9-13-21)22-25-15-19(16-26-22)17-6-10-20(11-7-17)23-4-2/h6-13,19,22H,3-5,14-16H2,1-2H3/t19-,22-/m0/s1. The van der Waals surface area contributed by atoms with Crippen LogP contribution in [0.3, 0.4) is 0 Å². The molecule has 0 radical (unpaired) electrons. The van der Waals surface area contributed by atoms with Crippen LogP contribution in [0.15, 0.2) is 48.5 Å². The molecule has 0 aromatic heterocycles. The summed E-state index contributed by atoms with van der Waals surface area (Å²) in [5.74, 6) is 3.37. The van der Waals surface area contributed by atoms with Crippen LogP contribution in [0.25, 0.3) is 0 Å². The molecule has 1 aliphatic heterocycles. The predicted molar refractivity (Wildman–Crippen MR) is 108 cm³/mol. The molecule has 1 heterocycles. The van der Waals surface area contributed by atoms with Crippen LogP contribution in [-0.4, -0.2) is 25.6 Å². The van der Waals surface area contributed by atoms with Gasteiger partial charge in [-0.2, -0.15) is 0 Å². The Morgan fingerprint density at radius 3 is 2.15 bits per heavy atom. The molecule has 0 amide bonds. The van der Waals surface area contributed by atoms with Gasteiger partial charge in [-0.05, 0) is 48.7 Å². The van der Waals surface area contributed by atoms with Gasteiger partial charge < -0.3 is 14.2 Å². The van der Waals surface area contributed by atoms with Crippen molar-refractivity contribution in [3.05, 3.63) is 59.7 Å². The third kappa shape index (κ3) is 5.18. The van der Waals surface area contributed by atoms with Gasteiger partial charge in [0.1, 0.15) is 16.9 Å². The number of thioether (sulfide) groups is 1. The van der Waals surface area contributed by atoms with E-state index < -0.39 is 0 Å². The van der Waals surface area contributed by atoms with Crippen LogP contribution in [0.5, 0.6) is 11.5 Å². The van der Waals surface area contributed by atoms with Crippen molar-refractivity contribution in [3.8, 4) is 11.5 Å². The van der Waals surface area contributed by atoms with Crippen molar-refractivity contribution in [2.45, 2.75) is 38.0 Å². The van der Waals surface area contributed by atoms with E-state index in [1.54, 1.807) is 0 Å². The summed E-state index contributed by atoms with van der Waals surface area (Å²) < 4.78 is 17.4. The lowest BCUT2D eigenvalue weighted by Gasteiger charge is -2.29. The highest BCUT2D eigenvalue weighted by atomic mass is 32.2. The lowest BCUT2D eigenvalue weighted by molar-refractivity contribution is 0.0948. The molecule has 26 heavy (non-hydrogen) atoms. The van der Waals surface area contributed by atoms with Crippen molar-refractivity contribution >= 4 is 11.8 Å². The average molecular weight is 373 g/mol. The molecule has 0 aliphatic carbocycles. The number of ether oxygens (including phenoxy) is 3. The first-order valence-electron chi connectivity index (χ1n) is 9.49. The SMILES string of the molecule is CCCCOc1ccc([C@H]2OC[C@H](c3ccc(OCC)cc3)CS2)cc1. The van der Waals surface area contributed by atoms with E-state index in [1.165, 1.54) is 11.1 Å². The zero-order valence-corrected chi connectivity index (χ0v) is 16.5. The third-order valence-electron chi connectivity index (χ3n) is 4.48. The molecule has 1 fully saturated rings. The maximum atomic E-state index is 6.14. The first kappa shape index (κ1) is 19.1. The van der Waals surface area contributed by atoms with Crippen LogP contribution < -0.4 is 9.47 Å². The maximum Gasteiger partial charge on any atom is 0.128 e. The zero-order chi connectivity index (χ0) is 18.2. The first-order chi connectivity index (χ1) is 12.8. The van der Waals surface area contributed by atoms with E-state index in [0.717, 1.165) is 43.3 Å². The van der Waals surface area contributed by atoms with Crippen LogP contribution in [0.1, 0.15) is 49.2 Å². The number of benzene rings is 2. The highest BCUT2D eigenvalue weighted by Gasteiger charge is 2.24. The smallest absolute Gasteiger partial charge is 0.128 e. The Morgan fingerprint density at radius 1 is 0.923 bits per heavy atom. The van der Waals surface area contributed by atoms with E-state index in [2.05, 4.69) is 31.2 Å². The Bertz CT molecular complexity index is 646. The Kier molecular flexibility index (Phi) is 7.27. The highest BCUT2D eigenvalue weighted by Crippen LogP contribution is 2.40. The van der Waals surface area contributed by atoms with Crippen LogP contribution in [-0.2, 0) is 4.74 Å². The molecule has 3 nitrogen and oxygen atoms in total. The Morgan fingerprint density at radius 2 is 1.58 bits per heavy atom. The number of hydrogen-bond acceptors (Lipinski definition) is 4. The normalized spacial score (nSPS) is 19.9. The summed E-state index contributed by atoms with van der Waals surface area (Å²) in [6.07, 6.45) is 2.25. The van der Waals surface area contributed by atoms with Gasteiger partial charge in [0.25, 0.3) is 0 Å². The van der Waals surface area contributed by atoms with Crippen molar-refractivity contribution in [3.63, 3.8) is 0 Å². The minimum absolute atomic E-state index is 0.110. The second kappa shape index (κ2) is 9.89. The summed E-state index contributed by atoms with van der Waals surface area (Å²) in [4.78, 5) is 0. The fraction of sp³-hybridized carbons (Fsp3) is 0.455. The van der Waals surface area contributed by atoms with E-state index in [9.17, 15) is 0 Å². The van der Waals surface area contributed by atoms with E-state index in [0.29, 0.717) is 12.5 Å². The number of unbranched alkanes of at least 4 members (excludes halogenated alkanes) is 1. The summed E-state index contributed by atoms with van der Waals surface area (Å²) in [6.45, 7) is 6.41. The van der Waals surface area contributed by atoms with E-state index in [4.69, 9.17) is 14.2 Å². The summed E-state index contributed by atoms with van der Waals surface area (Å²) in [5.41, 5.74) is 2.64. The third-order valence-corrected chi connectivity index (χ3v) is 5.78.